The van der Waals surface area contributed by atoms with Crippen molar-refractivity contribution in [2.45, 2.75) is 18.7 Å². The van der Waals surface area contributed by atoms with Crippen LogP contribution < -0.4 is 0 Å². The number of aryl methyl sites for hydroxylation is 2. The van der Waals surface area contributed by atoms with E-state index in [1.54, 1.807) is 13.8 Å². The van der Waals surface area contributed by atoms with Gasteiger partial charge in [0.1, 0.15) is 6.26 Å². The van der Waals surface area contributed by atoms with E-state index >= 15 is 0 Å². The van der Waals surface area contributed by atoms with Gasteiger partial charge in [0.2, 0.25) is 5.89 Å². The van der Waals surface area contributed by atoms with Crippen LogP contribution in [0.4, 0.5) is 0 Å². The quantitative estimate of drug-likeness (QED) is 0.830. The second-order valence-electron chi connectivity index (χ2n) is 3.74. The SMILES string of the molecule is Cc1cc(S(=O)(=O)O)cc(C)c1-c1ncco1. The fourth-order valence-corrected chi connectivity index (χ4v) is 2.41. The number of benzene rings is 1. The molecule has 0 aliphatic heterocycles. The van der Waals surface area contributed by atoms with Crippen LogP contribution in [0.5, 0.6) is 0 Å². The van der Waals surface area contributed by atoms with Gasteiger partial charge >= 0.3 is 0 Å². The first kappa shape index (κ1) is 11.8. The Morgan fingerprint density at radius 3 is 2.24 bits per heavy atom. The molecule has 0 atom stereocenters. The van der Waals surface area contributed by atoms with Gasteiger partial charge in [-0.1, -0.05) is 0 Å². The Balaban J connectivity index is 2.67. The molecule has 0 aliphatic rings. The van der Waals surface area contributed by atoms with Crippen LogP contribution in [0, 0.1) is 13.8 Å². The molecule has 1 aromatic heterocycles. The summed E-state index contributed by atoms with van der Waals surface area (Å²) in [6.07, 6.45) is 2.97. The number of rotatable bonds is 2. The third kappa shape index (κ3) is 2.22. The fourth-order valence-electron chi connectivity index (χ4n) is 1.76. The zero-order valence-electron chi connectivity index (χ0n) is 9.34. The third-order valence-corrected chi connectivity index (χ3v) is 3.28. The zero-order valence-corrected chi connectivity index (χ0v) is 10.2. The second-order valence-corrected chi connectivity index (χ2v) is 5.17. The van der Waals surface area contributed by atoms with Crippen molar-refractivity contribution in [2.24, 2.45) is 0 Å². The summed E-state index contributed by atoms with van der Waals surface area (Å²) in [6.45, 7) is 3.47. The van der Waals surface area contributed by atoms with Crippen molar-refractivity contribution in [3.8, 4) is 11.5 Å². The van der Waals surface area contributed by atoms with Gasteiger partial charge in [-0.25, -0.2) is 4.98 Å². The summed E-state index contributed by atoms with van der Waals surface area (Å²) in [5, 5.41) is 0. The summed E-state index contributed by atoms with van der Waals surface area (Å²) < 4.78 is 36.3. The van der Waals surface area contributed by atoms with E-state index in [2.05, 4.69) is 4.98 Å². The molecule has 6 heteroatoms. The Morgan fingerprint density at radius 1 is 1.24 bits per heavy atom. The highest BCUT2D eigenvalue weighted by Crippen LogP contribution is 2.28. The van der Waals surface area contributed by atoms with E-state index in [1.807, 2.05) is 0 Å². The fraction of sp³-hybridized carbons (Fsp3) is 0.182. The van der Waals surface area contributed by atoms with Gasteiger partial charge in [0, 0.05) is 5.56 Å². The van der Waals surface area contributed by atoms with E-state index in [-0.39, 0.29) is 4.90 Å². The predicted molar refractivity (Wildman–Crippen MR) is 61.2 cm³/mol. The van der Waals surface area contributed by atoms with Crippen molar-refractivity contribution in [1.29, 1.82) is 0 Å². The van der Waals surface area contributed by atoms with Gasteiger partial charge in [0.05, 0.1) is 11.1 Å². The van der Waals surface area contributed by atoms with Crippen molar-refractivity contribution in [2.75, 3.05) is 0 Å². The van der Waals surface area contributed by atoms with Crippen molar-refractivity contribution in [1.82, 2.24) is 4.98 Å². The van der Waals surface area contributed by atoms with Crippen LogP contribution in [0.1, 0.15) is 11.1 Å². The van der Waals surface area contributed by atoms with Crippen molar-refractivity contribution in [3.05, 3.63) is 35.7 Å². The molecular formula is C11H11NO4S. The lowest BCUT2D eigenvalue weighted by Crippen LogP contribution is -2.00. The lowest BCUT2D eigenvalue weighted by atomic mass is 10.0. The lowest BCUT2D eigenvalue weighted by molar-refractivity contribution is 0.483. The first-order valence-electron chi connectivity index (χ1n) is 4.88. The van der Waals surface area contributed by atoms with Crippen LogP contribution in [0.3, 0.4) is 0 Å². The maximum atomic E-state index is 11.1. The van der Waals surface area contributed by atoms with Crippen LogP contribution in [0.15, 0.2) is 33.9 Å². The summed E-state index contributed by atoms with van der Waals surface area (Å²) in [4.78, 5) is 3.90. The molecule has 0 spiro atoms. The first-order chi connectivity index (χ1) is 7.89. The summed E-state index contributed by atoms with van der Waals surface area (Å²) in [5.74, 6) is 0.432. The lowest BCUT2D eigenvalue weighted by Gasteiger charge is -2.08. The highest BCUT2D eigenvalue weighted by Gasteiger charge is 2.16. The predicted octanol–water partition coefficient (Wildman–Crippen LogP) is 2.21. The minimum atomic E-state index is -4.18. The number of oxazole rings is 1. The molecule has 0 amide bonds. The maximum Gasteiger partial charge on any atom is 0.294 e. The maximum absolute atomic E-state index is 11.1. The molecule has 5 nitrogen and oxygen atoms in total. The van der Waals surface area contributed by atoms with Gasteiger partial charge in [-0.3, -0.25) is 4.55 Å². The van der Waals surface area contributed by atoms with E-state index in [1.165, 1.54) is 24.6 Å². The van der Waals surface area contributed by atoms with Crippen molar-refractivity contribution < 1.29 is 17.4 Å². The number of aromatic nitrogens is 1. The van der Waals surface area contributed by atoms with Crippen LogP contribution in [0.2, 0.25) is 0 Å². The highest BCUT2D eigenvalue weighted by atomic mass is 32.2. The van der Waals surface area contributed by atoms with E-state index in [0.29, 0.717) is 17.0 Å². The van der Waals surface area contributed by atoms with Crippen LogP contribution in [0.25, 0.3) is 11.5 Å². The van der Waals surface area contributed by atoms with Gasteiger partial charge in [-0.05, 0) is 37.1 Å². The minimum absolute atomic E-state index is 0.122. The largest absolute Gasteiger partial charge is 0.445 e. The summed E-state index contributed by atoms with van der Waals surface area (Å²) in [7, 11) is -4.18. The van der Waals surface area contributed by atoms with Gasteiger partial charge in [0.25, 0.3) is 10.1 Å². The minimum Gasteiger partial charge on any atom is -0.445 e. The molecule has 17 heavy (non-hydrogen) atoms. The monoisotopic (exact) mass is 253 g/mol. The topological polar surface area (TPSA) is 80.4 Å². The third-order valence-electron chi connectivity index (χ3n) is 2.45. The second kappa shape index (κ2) is 3.97. The molecule has 2 rings (SSSR count). The van der Waals surface area contributed by atoms with E-state index in [4.69, 9.17) is 8.97 Å². The molecule has 1 N–H and O–H groups in total. The molecule has 2 aromatic rings. The van der Waals surface area contributed by atoms with E-state index in [0.717, 1.165) is 5.56 Å². The Kier molecular flexibility index (Phi) is 2.76. The van der Waals surface area contributed by atoms with Crippen LogP contribution in [-0.2, 0) is 10.1 Å². The van der Waals surface area contributed by atoms with Gasteiger partial charge in [0.15, 0.2) is 0 Å². The summed E-state index contributed by atoms with van der Waals surface area (Å²) in [5.41, 5.74) is 2.10. The normalized spacial score (nSPS) is 11.7. The average Bonchev–Trinajstić information content (AvgIpc) is 2.68. The molecule has 1 heterocycles. The smallest absolute Gasteiger partial charge is 0.294 e. The Hall–Kier alpha value is -1.66. The van der Waals surface area contributed by atoms with Gasteiger partial charge < -0.3 is 4.42 Å². The molecule has 90 valence electrons. The first-order valence-corrected chi connectivity index (χ1v) is 6.32. The number of nitrogens with zero attached hydrogens (tertiary/aromatic N) is 1. The van der Waals surface area contributed by atoms with Crippen molar-refractivity contribution in [3.63, 3.8) is 0 Å². The molecule has 0 unspecified atom stereocenters. The molecule has 0 bridgehead atoms. The molecule has 0 aliphatic carbocycles. The molecule has 0 fully saturated rings. The van der Waals surface area contributed by atoms with Crippen LogP contribution in [-0.4, -0.2) is 18.0 Å². The molecular weight excluding hydrogens is 242 g/mol. The van der Waals surface area contributed by atoms with Gasteiger partial charge in [-0.15, -0.1) is 0 Å². The summed E-state index contributed by atoms with van der Waals surface area (Å²) in [6, 6.07) is 2.78. The van der Waals surface area contributed by atoms with E-state index in [9.17, 15) is 8.42 Å². The molecule has 0 saturated heterocycles. The Bertz CT molecular complexity index is 621. The van der Waals surface area contributed by atoms with Gasteiger partial charge in [-0.2, -0.15) is 8.42 Å². The molecule has 0 radical (unpaired) electrons. The Labute approximate surface area is 98.9 Å². The van der Waals surface area contributed by atoms with Crippen LogP contribution >= 0.6 is 0 Å². The highest BCUT2D eigenvalue weighted by molar-refractivity contribution is 7.85. The molecule has 0 saturated carbocycles. The zero-order chi connectivity index (χ0) is 12.6. The Morgan fingerprint density at radius 2 is 1.82 bits per heavy atom. The number of hydrogen-bond donors (Lipinski definition) is 1. The van der Waals surface area contributed by atoms with Crippen molar-refractivity contribution >= 4 is 10.1 Å². The molecule has 1 aromatic carbocycles. The standard InChI is InChI=1S/C11H11NO4S/c1-7-5-9(17(13,14)15)6-8(2)10(7)11-12-3-4-16-11/h3-6H,1-2H3,(H,13,14,15). The number of hydrogen-bond acceptors (Lipinski definition) is 4. The summed E-state index contributed by atoms with van der Waals surface area (Å²) >= 11 is 0. The van der Waals surface area contributed by atoms with E-state index < -0.39 is 10.1 Å². The average molecular weight is 253 g/mol.